The second-order valence-electron chi connectivity index (χ2n) is 8.78. The molecular formula is C29H29F3O. The Morgan fingerprint density at radius 2 is 1.61 bits per heavy atom. The van der Waals surface area contributed by atoms with Gasteiger partial charge in [-0.2, -0.15) is 0 Å². The van der Waals surface area contributed by atoms with Crippen LogP contribution in [0.25, 0.3) is 22.3 Å². The molecule has 2 unspecified atom stereocenters. The summed E-state index contributed by atoms with van der Waals surface area (Å²) in [6.07, 6.45) is 8.06. The molecule has 1 saturated heterocycles. The molecule has 3 aromatic rings. The maximum atomic E-state index is 15.0. The molecule has 1 heterocycles. The first-order valence-corrected chi connectivity index (χ1v) is 11.6. The van der Waals surface area contributed by atoms with Gasteiger partial charge in [0.25, 0.3) is 0 Å². The SMILES string of the molecule is CC=CCCC1CCC(c2ccc(-c3ccc(-c4ccc(C)c(F)c4F)cc3)cc2F)OC1. The van der Waals surface area contributed by atoms with Gasteiger partial charge in [-0.1, -0.05) is 60.7 Å². The first-order valence-electron chi connectivity index (χ1n) is 11.6. The number of halogens is 3. The predicted octanol–water partition coefficient (Wildman–Crippen LogP) is 8.57. The van der Waals surface area contributed by atoms with Gasteiger partial charge in [0.2, 0.25) is 0 Å². The number of hydrogen-bond donors (Lipinski definition) is 0. The van der Waals surface area contributed by atoms with Gasteiger partial charge in [0.1, 0.15) is 5.82 Å². The second-order valence-corrected chi connectivity index (χ2v) is 8.78. The van der Waals surface area contributed by atoms with Crippen molar-refractivity contribution in [3.8, 4) is 22.3 Å². The molecule has 0 spiro atoms. The van der Waals surface area contributed by atoms with Crippen LogP contribution in [0.2, 0.25) is 0 Å². The molecule has 4 rings (SSSR count). The molecule has 0 N–H and O–H groups in total. The van der Waals surface area contributed by atoms with Crippen molar-refractivity contribution in [2.75, 3.05) is 6.61 Å². The first kappa shape index (κ1) is 23.3. The number of benzene rings is 3. The van der Waals surface area contributed by atoms with Gasteiger partial charge in [0.05, 0.1) is 12.7 Å². The third kappa shape index (κ3) is 5.22. The summed E-state index contributed by atoms with van der Waals surface area (Å²) in [7, 11) is 0. The first-order chi connectivity index (χ1) is 16.0. The molecule has 0 saturated carbocycles. The molecule has 172 valence electrons. The van der Waals surface area contributed by atoms with E-state index in [1.807, 2.05) is 13.0 Å². The fraction of sp³-hybridized carbons (Fsp3) is 0.310. The van der Waals surface area contributed by atoms with Crippen LogP contribution in [0.4, 0.5) is 13.2 Å². The summed E-state index contributed by atoms with van der Waals surface area (Å²) in [6.45, 7) is 4.23. The summed E-state index contributed by atoms with van der Waals surface area (Å²) >= 11 is 0. The van der Waals surface area contributed by atoms with Crippen molar-refractivity contribution in [1.29, 1.82) is 0 Å². The highest BCUT2D eigenvalue weighted by molar-refractivity contribution is 5.71. The van der Waals surface area contributed by atoms with E-state index in [0.717, 1.165) is 36.8 Å². The number of allylic oxidation sites excluding steroid dienone is 2. The van der Waals surface area contributed by atoms with Crippen LogP contribution in [0.3, 0.4) is 0 Å². The molecule has 1 nitrogen and oxygen atoms in total. The summed E-state index contributed by atoms with van der Waals surface area (Å²) in [4.78, 5) is 0. The fourth-order valence-electron chi connectivity index (χ4n) is 4.46. The molecule has 0 radical (unpaired) electrons. The van der Waals surface area contributed by atoms with Crippen molar-refractivity contribution in [2.45, 2.75) is 45.6 Å². The Morgan fingerprint density at radius 1 is 0.879 bits per heavy atom. The molecule has 33 heavy (non-hydrogen) atoms. The van der Waals surface area contributed by atoms with Crippen LogP contribution in [0.5, 0.6) is 0 Å². The zero-order valence-corrected chi connectivity index (χ0v) is 19.1. The molecule has 0 bridgehead atoms. The molecule has 1 fully saturated rings. The highest BCUT2D eigenvalue weighted by atomic mass is 19.2. The monoisotopic (exact) mass is 450 g/mol. The van der Waals surface area contributed by atoms with Gasteiger partial charge in [0, 0.05) is 11.1 Å². The largest absolute Gasteiger partial charge is 0.373 e. The van der Waals surface area contributed by atoms with Gasteiger partial charge in [0.15, 0.2) is 11.6 Å². The maximum absolute atomic E-state index is 15.0. The molecule has 1 aliphatic rings. The summed E-state index contributed by atoms with van der Waals surface area (Å²) < 4.78 is 49.2. The molecule has 2 atom stereocenters. The highest BCUT2D eigenvalue weighted by Gasteiger charge is 2.25. The summed E-state index contributed by atoms with van der Waals surface area (Å²) in [6, 6.07) is 15.4. The average molecular weight is 451 g/mol. The lowest BCUT2D eigenvalue weighted by atomic mass is 9.90. The summed E-state index contributed by atoms with van der Waals surface area (Å²) in [5.74, 6) is -1.43. The minimum Gasteiger partial charge on any atom is -0.373 e. The van der Waals surface area contributed by atoms with Gasteiger partial charge >= 0.3 is 0 Å². The normalized spacial score (nSPS) is 18.7. The summed E-state index contributed by atoms with van der Waals surface area (Å²) in [5, 5.41) is 0. The zero-order valence-electron chi connectivity index (χ0n) is 19.1. The Kier molecular flexibility index (Phi) is 7.34. The highest BCUT2D eigenvalue weighted by Crippen LogP contribution is 2.35. The molecule has 0 aromatic heterocycles. The lowest BCUT2D eigenvalue weighted by molar-refractivity contribution is -0.0207. The van der Waals surface area contributed by atoms with Crippen LogP contribution < -0.4 is 0 Å². The van der Waals surface area contributed by atoms with Crippen LogP contribution in [0, 0.1) is 30.3 Å². The van der Waals surface area contributed by atoms with Crippen LogP contribution in [-0.4, -0.2) is 6.61 Å². The third-order valence-corrected chi connectivity index (χ3v) is 6.50. The van der Waals surface area contributed by atoms with E-state index >= 15 is 0 Å². The second kappa shape index (κ2) is 10.4. The van der Waals surface area contributed by atoms with Crippen molar-refractivity contribution in [3.63, 3.8) is 0 Å². The van der Waals surface area contributed by atoms with Gasteiger partial charge in [-0.3, -0.25) is 0 Å². The van der Waals surface area contributed by atoms with E-state index in [2.05, 4.69) is 12.2 Å². The van der Waals surface area contributed by atoms with E-state index < -0.39 is 11.6 Å². The lowest BCUT2D eigenvalue weighted by Crippen LogP contribution is -2.21. The Hall–Kier alpha value is -2.85. The van der Waals surface area contributed by atoms with Gasteiger partial charge < -0.3 is 4.74 Å². The van der Waals surface area contributed by atoms with Crippen molar-refractivity contribution in [3.05, 3.63) is 95.3 Å². The molecular weight excluding hydrogens is 421 g/mol. The Balaban J connectivity index is 1.46. The van der Waals surface area contributed by atoms with Crippen LogP contribution in [0.1, 0.15) is 49.8 Å². The van der Waals surface area contributed by atoms with Crippen LogP contribution in [0.15, 0.2) is 66.7 Å². The standard InChI is InChI=1S/C29H29F3O/c1-3-4-5-6-20-8-16-27(33-18-20)25-15-13-23(17-26(25)30)21-9-11-22(12-10-21)24-14-7-19(2)28(31)29(24)32/h3-4,7,9-15,17,20,27H,5-6,8,16,18H2,1-2H3. The molecule has 0 amide bonds. The topological polar surface area (TPSA) is 9.23 Å². The molecule has 4 heteroatoms. The van der Waals surface area contributed by atoms with E-state index in [0.29, 0.717) is 23.7 Å². The number of rotatable bonds is 6. The van der Waals surface area contributed by atoms with E-state index in [-0.39, 0.29) is 23.0 Å². The van der Waals surface area contributed by atoms with E-state index in [1.165, 1.54) is 13.0 Å². The van der Waals surface area contributed by atoms with Gasteiger partial charge in [-0.15, -0.1) is 0 Å². The molecule has 3 aromatic carbocycles. The quantitative estimate of drug-likeness (QED) is 0.342. The smallest absolute Gasteiger partial charge is 0.166 e. The van der Waals surface area contributed by atoms with Crippen molar-refractivity contribution >= 4 is 0 Å². The lowest BCUT2D eigenvalue weighted by Gasteiger charge is -2.29. The Morgan fingerprint density at radius 3 is 2.27 bits per heavy atom. The Labute approximate surface area is 193 Å². The summed E-state index contributed by atoms with van der Waals surface area (Å²) in [5.41, 5.74) is 3.20. The predicted molar refractivity (Wildman–Crippen MR) is 127 cm³/mol. The van der Waals surface area contributed by atoms with E-state index in [4.69, 9.17) is 4.74 Å². The van der Waals surface area contributed by atoms with Gasteiger partial charge in [-0.05, 0) is 73.8 Å². The average Bonchev–Trinajstić information content (AvgIpc) is 2.83. The molecule has 0 aliphatic carbocycles. The fourth-order valence-corrected chi connectivity index (χ4v) is 4.46. The van der Waals surface area contributed by atoms with E-state index in [1.54, 1.807) is 42.5 Å². The van der Waals surface area contributed by atoms with Crippen LogP contribution >= 0.6 is 0 Å². The number of hydrogen-bond acceptors (Lipinski definition) is 1. The van der Waals surface area contributed by atoms with Crippen molar-refractivity contribution in [2.24, 2.45) is 5.92 Å². The number of aryl methyl sites for hydroxylation is 1. The van der Waals surface area contributed by atoms with E-state index in [9.17, 15) is 13.2 Å². The van der Waals surface area contributed by atoms with Gasteiger partial charge in [-0.25, -0.2) is 13.2 Å². The number of ether oxygens (including phenoxy) is 1. The minimum absolute atomic E-state index is 0.209. The zero-order chi connectivity index (χ0) is 23.4. The minimum atomic E-state index is -0.852. The van der Waals surface area contributed by atoms with Crippen LogP contribution in [-0.2, 0) is 4.74 Å². The molecule has 1 aliphatic heterocycles. The van der Waals surface area contributed by atoms with Crippen molar-refractivity contribution in [1.82, 2.24) is 0 Å². The van der Waals surface area contributed by atoms with Crippen molar-refractivity contribution < 1.29 is 17.9 Å². The maximum Gasteiger partial charge on any atom is 0.166 e. The Bertz CT molecular complexity index is 1130. The third-order valence-electron chi connectivity index (χ3n) is 6.50.